The fraction of sp³-hybridized carbons (Fsp3) is 0.462. The Morgan fingerprint density at radius 3 is 2.00 bits per heavy atom. The number of nitrogens with one attached hydrogen (secondary N) is 2. The van der Waals surface area contributed by atoms with Crippen LogP contribution < -0.4 is 15.4 Å². The quantitative estimate of drug-likeness (QED) is 0.158. The number of anilines is 1. The molecule has 54 heavy (non-hydrogen) atoms. The Morgan fingerprint density at radius 1 is 0.907 bits per heavy atom. The van der Waals surface area contributed by atoms with E-state index in [9.17, 15) is 28.3 Å². The van der Waals surface area contributed by atoms with E-state index in [4.69, 9.17) is 18.6 Å². The maximum Gasteiger partial charge on any atom is 0.408 e. The molecule has 15 heteroatoms. The van der Waals surface area contributed by atoms with Crippen molar-refractivity contribution in [2.24, 2.45) is 0 Å². The van der Waals surface area contributed by atoms with E-state index in [1.165, 1.54) is 65.6 Å². The van der Waals surface area contributed by atoms with Crippen LogP contribution in [0.3, 0.4) is 0 Å². The van der Waals surface area contributed by atoms with Gasteiger partial charge in [-0.15, -0.1) is 0 Å². The average Bonchev–Trinajstić information content (AvgIpc) is 3.07. The number of hydrogen-bond donors (Lipinski definition) is 3. The number of nitrogens with zero attached hydrogens (tertiary/aromatic N) is 1. The van der Waals surface area contributed by atoms with Crippen LogP contribution in [0.15, 0.2) is 66.7 Å². The SMILES string of the molecule is CC(C)(C)OC(=O)N[C@H](C(=O)Nc1cccc(F)c1OC[C@@H]1CN(C(=O)O)[C@H](CO[Si](C)(C)C(C)(C)C)CO1)C(c1ccc(F)cc1)c1ccc(F)cc1. The zero-order chi connectivity index (χ0) is 40.0. The van der Waals surface area contributed by atoms with Gasteiger partial charge in [-0.05, 0) is 86.4 Å². The average molecular weight is 774 g/mol. The Hall–Kier alpha value is -4.60. The van der Waals surface area contributed by atoms with Gasteiger partial charge >= 0.3 is 12.2 Å². The summed E-state index contributed by atoms with van der Waals surface area (Å²) in [4.78, 5) is 40.9. The molecule has 1 saturated heterocycles. The first kappa shape index (κ1) is 42.1. The number of carboxylic acid groups (broad SMARTS) is 1. The summed E-state index contributed by atoms with van der Waals surface area (Å²) in [5, 5.41) is 15.2. The van der Waals surface area contributed by atoms with Gasteiger partial charge in [-0.1, -0.05) is 51.1 Å². The monoisotopic (exact) mass is 773 g/mol. The van der Waals surface area contributed by atoms with Gasteiger partial charge in [0.15, 0.2) is 19.9 Å². The molecule has 0 aliphatic carbocycles. The topological polar surface area (TPSA) is 136 Å². The summed E-state index contributed by atoms with van der Waals surface area (Å²) in [5.74, 6) is -4.08. The molecule has 4 rings (SSSR count). The fourth-order valence-corrected chi connectivity index (χ4v) is 6.59. The van der Waals surface area contributed by atoms with E-state index in [1.807, 2.05) is 0 Å². The molecule has 1 aliphatic rings. The van der Waals surface area contributed by atoms with Gasteiger partial charge in [0.05, 0.1) is 31.5 Å². The first-order valence-corrected chi connectivity index (χ1v) is 20.5. The lowest BCUT2D eigenvalue weighted by Gasteiger charge is -2.41. The Kier molecular flexibility index (Phi) is 13.5. The second-order valence-corrected chi connectivity index (χ2v) is 20.5. The number of ether oxygens (including phenoxy) is 3. The van der Waals surface area contributed by atoms with Gasteiger partial charge in [0, 0.05) is 5.92 Å². The van der Waals surface area contributed by atoms with Gasteiger partial charge in [0.1, 0.15) is 36.0 Å². The molecule has 3 atom stereocenters. The molecule has 0 spiro atoms. The number of rotatable bonds is 12. The maximum atomic E-state index is 15.4. The molecule has 1 heterocycles. The number of morpholine rings is 1. The second kappa shape index (κ2) is 17.2. The molecular formula is C39H50F3N3O8Si. The third kappa shape index (κ3) is 11.2. The minimum absolute atomic E-state index is 0.0298. The highest BCUT2D eigenvalue weighted by atomic mass is 28.4. The largest absolute Gasteiger partial charge is 0.486 e. The molecule has 1 aliphatic heterocycles. The zero-order valence-electron chi connectivity index (χ0n) is 31.9. The van der Waals surface area contributed by atoms with Crippen LogP contribution in [0.1, 0.15) is 58.6 Å². The van der Waals surface area contributed by atoms with Gasteiger partial charge in [0.25, 0.3) is 0 Å². The van der Waals surface area contributed by atoms with Crippen molar-refractivity contribution < 1.29 is 51.3 Å². The Balaban J connectivity index is 1.58. The third-order valence-electron chi connectivity index (χ3n) is 9.44. The summed E-state index contributed by atoms with van der Waals surface area (Å²) in [6.07, 6.45) is -2.89. The number of carbonyl (C=O) groups excluding carboxylic acids is 2. The molecule has 3 amide bonds. The van der Waals surface area contributed by atoms with E-state index in [2.05, 4.69) is 44.5 Å². The van der Waals surface area contributed by atoms with Gasteiger partial charge < -0.3 is 34.4 Å². The van der Waals surface area contributed by atoms with Gasteiger partial charge in [-0.2, -0.15) is 0 Å². The van der Waals surface area contributed by atoms with Gasteiger partial charge in [0.2, 0.25) is 5.91 Å². The van der Waals surface area contributed by atoms with Crippen molar-refractivity contribution in [3.8, 4) is 5.75 Å². The lowest BCUT2D eigenvalue weighted by Crippen LogP contribution is -2.56. The van der Waals surface area contributed by atoms with Crippen LogP contribution in [0.25, 0.3) is 0 Å². The van der Waals surface area contributed by atoms with E-state index in [0.29, 0.717) is 11.1 Å². The molecule has 3 aromatic carbocycles. The second-order valence-electron chi connectivity index (χ2n) is 15.7. The molecule has 0 aromatic heterocycles. The van der Waals surface area contributed by atoms with Crippen LogP contribution >= 0.6 is 0 Å². The van der Waals surface area contributed by atoms with Crippen LogP contribution in [0.2, 0.25) is 18.1 Å². The standard InChI is InChI=1S/C39H50F3N3O8Si/c1-38(2,3)53-36(47)44-33(32(24-12-16-26(40)17-13-24)25-14-18-27(41)19-15-25)35(46)43-31-11-9-10-30(42)34(31)51-23-29-20-45(37(48)49)28(21-50-29)22-52-54(7,8)39(4,5)6/h9-19,28-29,32-33H,20-23H2,1-8H3,(H,43,46)(H,44,47)(H,48,49)/t28-,29-,33-/m0/s1. The molecule has 11 nitrogen and oxygen atoms in total. The van der Waals surface area contributed by atoms with Crippen molar-refractivity contribution in [1.29, 1.82) is 0 Å². The number of hydrogen-bond acceptors (Lipinski definition) is 7. The highest BCUT2D eigenvalue weighted by Gasteiger charge is 2.40. The molecule has 0 saturated carbocycles. The highest BCUT2D eigenvalue weighted by molar-refractivity contribution is 6.74. The Bertz CT molecular complexity index is 1720. The summed E-state index contributed by atoms with van der Waals surface area (Å²) in [5.41, 5.74) is -0.231. The number of carbonyl (C=O) groups is 3. The van der Waals surface area contributed by atoms with Crippen LogP contribution in [-0.4, -0.2) is 86.6 Å². The Labute approximate surface area is 315 Å². The molecule has 0 radical (unpaired) electrons. The minimum atomic E-state index is -2.17. The van der Waals surface area contributed by atoms with E-state index in [0.717, 1.165) is 6.07 Å². The lowest BCUT2D eigenvalue weighted by atomic mass is 9.84. The lowest BCUT2D eigenvalue weighted by molar-refractivity contribution is -0.118. The van der Waals surface area contributed by atoms with Crippen molar-refractivity contribution in [3.05, 3.63) is 95.3 Å². The van der Waals surface area contributed by atoms with Crippen molar-refractivity contribution in [2.75, 3.05) is 31.7 Å². The fourth-order valence-electron chi connectivity index (χ4n) is 5.55. The van der Waals surface area contributed by atoms with Crippen LogP contribution in [-0.2, 0) is 18.7 Å². The predicted octanol–water partition coefficient (Wildman–Crippen LogP) is 7.92. The number of benzene rings is 3. The van der Waals surface area contributed by atoms with E-state index in [-0.39, 0.29) is 42.8 Å². The molecule has 0 bridgehead atoms. The normalized spacial score (nSPS) is 17.1. The van der Waals surface area contributed by atoms with Crippen molar-refractivity contribution in [3.63, 3.8) is 0 Å². The summed E-state index contributed by atoms with van der Waals surface area (Å²) < 4.78 is 67.0. The molecule has 3 N–H and O–H groups in total. The summed E-state index contributed by atoms with van der Waals surface area (Å²) >= 11 is 0. The summed E-state index contributed by atoms with van der Waals surface area (Å²) in [6, 6.07) is 12.4. The van der Waals surface area contributed by atoms with Gasteiger partial charge in [-0.25, -0.2) is 22.8 Å². The van der Waals surface area contributed by atoms with Crippen molar-refractivity contribution >= 4 is 32.1 Å². The van der Waals surface area contributed by atoms with Gasteiger partial charge in [-0.3, -0.25) is 9.69 Å². The van der Waals surface area contributed by atoms with Crippen LogP contribution in [0, 0.1) is 17.5 Å². The van der Waals surface area contributed by atoms with Crippen molar-refractivity contribution in [2.45, 2.75) is 89.4 Å². The molecular weight excluding hydrogens is 724 g/mol. The van der Waals surface area contributed by atoms with E-state index in [1.54, 1.807) is 20.8 Å². The minimum Gasteiger partial charge on any atom is -0.486 e. The van der Waals surface area contributed by atoms with Crippen LogP contribution in [0.5, 0.6) is 5.75 Å². The summed E-state index contributed by atoms with van der Waals surface area (Å²) in [7, 11) is -2.17. The smallest absolute Gasteiger partial charge is 0.408 e. The molecule has 3 aromatic rings. The summed E-state index contributed by atoms with van der Waals surface area (Å²) in [6.45, 7) is 15.2. The van der Waals surface area contributed by atoms with Crippen molar-refractivity contribution in [1.82, 2.24) is 10.2 Å². The highest BCUT2D eigenvalue weighted by Crippen LogP contribution is 2.37. The number of halogens is 3. The maximum absolute atomic E-state index is 15.4. The zero-order valence-corrected chi connectivity index (χ0v) is 32.9. The van der Waals surface area contributed by atoms with E-state index >= 15 is 4.39 Å². The van der Waals surface area contributed by atoms with E-state index < -0.39 is 73.6 Å². The molecule has 0 unspecified atom stereocenters. The number of amides is 3. The molecule has 294 valence electrons. The van der Waals surface area contributed by atoms with Crippen LogP contribution in [0.4, 0.5) is 28.4 Å². The number of alkyl carbamates (subject to hydrolysis) is 1. The predicted molar refractivity (Wildman–Crippen MR) is 200 cm³/mol. The first-order chi connectivity index (χ1) is 25.1. The number of para-hydroxylation sites is 1. The third-order valence-corrected chi connectivity index (χ3v) is 13.9. The first-order valence-electron chi connectivity index (χ1n) is 17.6. The Morgan fingerprint density at radius 2 is 1.48 bits per heavy atom. The molecule has 1 fully saturated rings.